The Bertz CT molecular complexity index is 1050. The molecule has 0 spiro atoms. The Labute approximate surface area is 170 Å². The molecule has 0 bridgehead atoms. The van der Waals surface area contributed by atoms with Gasteiger partial charge in [-0.2, -0.15) is 5.10 Å². The molecule has 4 aromatic rings. The Balaban J connectivity index is 1.37. The van der Waals surface area contributed by atoms with Crippen LogP contribution in [0.2, 0.25) is 0 Å². The highest BCUT2D eigenvalue weighted by atomic mass is 16.5. The number of nitrogens with zero attached hydrogens (tertiary/aromatic N) is 4. The fourth-order valence-corrected chi connectivity index (χ4v) is 3.18. The fraction of sp³-hybridized carbons (Fsp3) is 0.174. The molecule has 0 radical (unpaired) electrons. The summed E-state index contributed by atoms with van der Waals surface area (Å²) >= 11 is 0. The molecule has 0 aliphatic heterocycles. The van der Waals surface area contributed by atoms with Crippen LogP contribution in [0, 0.1) is 6.92 Å². The van der Waals surface area contributed by atoms with Gasteiger partial charge in [0.05, 0.1) is 11.9 Å². The molecular formula is C23H23N5O. The van der Waals surface area contributed by atoms with Gasteiger partial charge in [0, 0.05) is 36.2 Å². The third-order valence-corrected chi connectivity index (χ3v) is 4.80. The summed E-state index contributed by atoms with van der Waals surface area (Å²) in [6.45, 7) is 5.01. The molecule has 4 rings (SSSR count). The van der Waals surface area contributed by atoms with Crippen molar-refractivity contribution in [3.05, 3.63) is 96.1 Å². The standard InChI is InChI=1S/C23H23N5O/c1-17(22-16-27-28(18(22)2)20-7-4-3-5-8-20)26-15-19-9-11-21(12-10-19)29-23-24-13-6-14-25-23/h3-14,16-17,26H,15H2,1-2H3/t17-/m1/s1. The smallest absolute Gasteiger partial charge is 0.321 e. The van der Waals surface area contributed by atoms with Crippen molar-refractivity contribution in [2.24, 2.45) is 0 Å². The van der Waals surface area contributed by atoms with Gasteiger partial charge >= 0.3 is 6.01 Å². The van der Waals surface area contributed by atoms with Gasteiger partial charge in [0.1, 0.15) is 5.75 Å². The number of nitrogens with one attached hydrogen (secondary N) is 1. The van der Waals surface area contributed by atoms with Crippen molar-refractivity contribution in [1.29, 1.82) is 0 Å². The van der Waals surface area contributed by atoms with Crippen LogP contribution in [0.25, 0.3) is 5.69 Å². The molecule has 0 fully saturated rings. The summed E-state index contributed by atoms with van der Waals surface area (Å²) in [5.74, 6) is 0.716. The molecule has 29 heavy (non-hydrogen) atoms. The molecule has 2 aromatic carbocycles. The van der Waals surface area contributed by atoms with Crippen molar-refractivity contribution in [1.82, 2.24) is 25.1 Å². The zero-order valence-electron chi connectivity index (χ0n) is 16.5. The van der Waals surface area contributed by atoms with Crippen LogP contribution >= 0.6 is 0 Å². The first kappa shape index (κ1) is 18.8. The van der Waals surface area contributed by atoms with E-state index in [2.05, 4.69) is 46.4 Å². The van der Waals surface area contributed by atoms with Crippen LogP contribution in [0.3, 0.4) is 0 Å². The Hall–Kier alpha value is -3.51. The van der Waals surface area contributed by atoms with Crippen LogP contribution in [0.5, 0.6) is 11.8 Å². The molecule has 0 aliphatic carbocycles. The third-order valence-electron chi connectivity index (χ3n) is 4.80. The second-order valence-electron chi connectivity index (χ2n) is 6.81. The summed E-state index contributed by atoms with van der Waals surface area (Å²) in [6, 6.07) is 20.4. The van der Waals surface area contributed by atoms with Crippen LogP contribution in [0.1, 0.15) is 29.8 Å². The molecule has 6 heteroatoms. The highest BCUT2D eigenvalue weighted by molar-refractivity contribution is 5.35. The van der Waals surface area contributed by atoms with Crippen LogP contribution < -0.4 is 10.1 Å². The lowest BCUT2D eigenvalue weighted by molar-refractivity contribution is 0.441. The first-order valence-corrected chi connectivity index (χ1v) is 9.58. The van der Waals surface area contributed by atoms with E-state index in [1.54, 1.807) is 18.5 Å². The van der Waals surface area contributed by atoms with E-state index in [4.69, 9.17) is 4.74 Å². The number of aromatic nitrogens is 4. The van der Waals surface area contributed by atoms with Gasteiger partial charge in [-0.25, -0.2) is 14.6 Å². The topological polar surface area (TPSA) is 64.9 Å². The summed E-state index contributed by atoms with van der Waals surface area (Å²) < 4.78 is 7.61. The van der Waals surface area contributed by atoms with Crippen molar-refractivity contribution in [2.45, 2.75) is 26.4 Å². The van der Waals surface area contributed by atoms with Gasteiger partial charge in [-0.05, 0) is 49.7 Å². The van der Waals surface area contributed by atoms with Crippen LogP contribution in [-0.2, 0) is 6.54 Å². The van der Waals surface area contributed by atoms with Crippen LogP contribution in [0.15, 0.2) is 79.3 Å². The molecule has 0 saturated carbocycles. The summed E-state index contributed by atoms with van der Waals surface area (Å²) in [5.41, 5.74) is 4.57. The van der Waals surface area contributed by atoms with Gasteiger partial charge in [0.15, 0.2) is 0 Å². The summed E-state index contributed by atoms with van der Waals surface area (Å²) in [6.07, 6.45) is 5.25. The number of para-hydroxylation sites is 1. The minimum absolute atomic E-state index is 0.182. The molecule has 2 heterocycles. The number of rotatable bonds is 7. The van der Waals surface area contributed by atoms with Gasteiger partial charge in [0.25, 0.3) is 0 Å². The predicted octanol–water partition coefficient (Wildman–Crippen LogP) is 4.61. The summed E-state index contributed by atoms with van der Waals surface area (Å²) in [7, 11) is 0. The van der Waals surface area contributed by atoms with E-state index in [1.165, 1.54) is 11.1 Å². The molecule has 0 amide bonds. The molecule has 2 aromatic heterocycles. The average Bonchev–Trinajstić information content (AvgIpc) is 3.16. The van der Waals surface area contributed by atoms with Gasteiger partial charge in [-0.1, -0.05) is 30.3 Å². The van der Waals surface area contributed by atoms with E-state index in [1.807, 2.05) is 53.3 Å². The molecule has 6 nitrogen and oxygen atoms in total. The molecule has 146 valence electrons. The van der Waals surface area contributed by atoms with Crippen LogP contribution in [-0.4, -0.2) is 19.7 Å². The Morgan fingerprint density at radius 3 is 2.41 bits per heavy atom. The first-order chi connectivity index (χ1) is 14.2. The largest absolute Gasteiger partial charge is 0.424 e. The van der Waals surface area contributed by atoms with Crippen molar-refractivity contribution >= 4 is 0 Å². The van der Waals surface area contributed by atoms with Gasteiger partial charge in [0.2, 0.25) is 0 Å². The van der Waals surface area contributed by atoms with Gasteiger partial charge < -0.3 is 10.1 Å². The van der Waals surface area contributed by atoms with E-state index < -0.39 is 0 Å². The highest BCUT2D eigenvalue weighted by Gasteiger charge is 2.14. The zero-order valence-corrected chi connectivity index (χ0v) is 16.5. The van der Waals surface area contributed by atoms with Crippen molar-refractivity contribution in [3.63, 3.8) is 0 Å². The first-order valence-electron chi connectivity index (χ1n) is 9.58. The Morgan fingerprint density at radius 2 is 1.69 bits per heavy atom. The minimum Gasteiger partial charge on any atom is -0.424 e. The van der Waals surface area contributed by atoms with Crippen molar-refractivity contribution in [3.8, 4) is 17.4 Å². The van der Waals surface area contributed by atoms with Crippen molar-refractivity contribution < 1.29 is 4.74 Å². The number of ether oxygens (including phenoxy) is 1. The van der Waals surface area contributed by atoms with Crippen LogP contribution in [0.4, 0.5) is 0 Å². The van der Waals surface area contributed by atoms with Gasteiger partial charge in [-0.15, -0.1) is 0 Å². The number of benzene rings is 2. The number of hydrogen-bond donors (Lipinski definition) is 1. The molecule has 0 saturated heterocycles. The van der Waals surface area contributed by atoms with Gasteiger partial charge in [-0.3, -0.25) is 0 Å². The monoisotopic (exact) mass is 385 g/mol. The highest BCUT2D eigenvalue weighted by Crippen LogP contribution is 2.21. The lowest BCUT2D eigenvalue weighted by Crippen LogP contribution is -2.18. The quantitative estimate of drug-likeness (QED) is 0.503. The molecule has 0 unspecified atom stereocenters. The minimum atomic E-state index is 0.182. The zero-order chi connectivity index (χ0) is 20.1. The second-order valence-corrected chi connectivity index (χ2v) is 6.81. The molecule has 1 N–H and O–H groups in total. The lowest BCUT2D eigenvalue weighted by atomic mass is 10.1. The number of hydrogen-bond acceptors (Lipinski definition) is 5. The predicted molar refractivity (Wildman–Crippen MR) is 112 cm³/mol. The maximum atomic E-state index is 5.64. The van der Waals surface area contributed by atoms with E-state index in [0.29, 0.717) is 11.8 Å². The molecular weight excluding hydrogens is 362 g/mol. The third kappa shape index (κ3) is 4.50. The normalized spacial score (nSPS) is 11.9. The summed E-state index contributed by atoms with van der Waals surface area (Å²) in [4.78, 5) is 8.14. The average molecular weight is 385 g/mol. The maximum absolute atomic E-state index is 5.64. The second kappa shape index (κ2) is 8.67. The summed E-state index contributed by atoms with van der Waals surface area (Å²) in [5, 5.41) is 8.13. The lowest BCUT2D eigenvalue weighted by Gasteiger charge is -2.14. The van der Waals surface area contributed by atoms with E-state index in [0.717, 1.165) is 17.9 Å². The van der Waals surface area contributed by atoms with E-state index >= 15 is 0 Å². The van der Waals surface area contributed by atoms with Crippen molar-refractivity contribution in [2.75, 3.05) is 0 Å². The SMILES string of the molecule is Cc1c([C@@H](C)NCc2ccc(Oc3ncccn3)cc2)cnn1-c1ccccc1. The van der Waals surface area contributed by atoms with E-state index in [9.17, 15) is 0 Å². The maximum Gasteiger partial charge on any atom is 0.321 e. The Kier molecular flexibility index (Phi) is 5.63. The molecule has 1 atom stereocenters. The fourth-order valence-electron chi connectivity index (χ4n) is 3.18. The molecule has 0 aliphatic rings. The Morgan fingerprint density at radius 1 is 0.966 bits per heavy atom. The van der Waals surface area contributed by atoms with E-state index in [-0.39, 0.29) is 6.04 Å².